The summed E-state index contributed by atoms with van der Waals surface area (Å²) in [6.45, 7) is 3.27. The van der Waals surface area contributed by atoms with Gasteiger partial charge in [-0.25, -0.2) is 0 Å². The van der Waals surface area contributed by atoms with Crippen molar-refractivity contribution in [2.75, 3.05) is 23.7 Å². The molecule has 1 aromatic heterocycles. The highest BCUT2D eigenvalue weighted by molar-refractivity contribution is 7.17. The largest absolute Gasteiger partial charge is 0.355 e. The molecule has 2 atom stereocenters. The Balaban J connectivity index is 1.31. The maximum atomic E-state index is 13.3. The molecule has 4 amide bonds. The second-order valence-corrected chi connectivity index (χ2v) is 11.4. The number of benzene rings is 1. The summed E-state index contributed by atoms with van der Waals surface area (Å²) in [6.07, 6.45) is 5.96. The monoisotopic (exact) mass is 522 g/mol. The number of carbonyl (C=O) groups is 4. The summed E-state index contributed by atoms with van der Waals surface area (Å²) in [7, 11) is 0. The lowest BCUT2D eigenvalue weighted by Crippen LogP contribution is -2.30. The molecule has 2 aromatic rings. The number of hydrogen-bond donors (Lipinski definition) is 4. The van der Waals surface area contributed by atoms with Crippen molar-refractivity contribution in [3.8, 4) is 0 Å². The summed E-state index contributed by atoms with van der Waals surface area (Å²) >= 11 is 1.48. The number of thiophene rings is 1. The molecule has 37 heavy (non-hydrogen) atoms. The molecule has 1 saturated heterocycles. The zero-order chi connectivity index (χ0) is 25.9. The minimum absolute atomic E-state index is 0.0189. The average molecular weight is 523 g/mol. The Hall–Kier alpha value is -3.20. The van der Waals surface area contributed by atoms with Gasteiger partial charge in [0.25, 0.3) is 5.91 Å². The molecule has 1 aliphatic heterocycles. The molecule has 196 valence electrons. The highest BCUT2D eigenvalue weighted by atomic mass is 32.1. The van der Waals surface area contributed by atoms with E-state index in [4.69, 9.17) is 0 Å². The number of amides is 4. The fraction of sp³-hybridized carbons (Fsp3) is 0.500. The zero-order valence-electron chi connectivity index (χ0n) is 21.2. The topological polar surface area (TPSA) is 116 Å². The van der Waals surface area contributed by atoms with Crippen molar-refractivity contribution in [2.24, 2.45) is 11.8 Å². The Bertz CT molecular complexity index is 1220. The molecule has 2 unspecified atom stereocenters. The van der Waals surface area contributed by atoms with Crippen molar-refractivity contribution in [1.82, 2.24) is 10.6 Å². The Morgan fingerprint density at radius 3 is 2.59 bits per heavy atom. The zero-order valence-corrected chi connectivity index (χ0v) is 22.0. The minimum Gasteiger partial charge on any atom is -0.355 e. The molecule has 4 N–H and O–H groups in total. The first-order valence-corrected chi connectivity index (χ1v) is 14.2. The number of fused-ring (bicyclic) bond motifs is 1. The number of unbranched alkanes of at least 4 members (excludes halogenated alkanes) is 1. The average Bonchev–Trinajstić information content (AvgIpc) is 3.56. The van der Waals surface area contributed by atoms with Crippen LogP contribution in [0.25, 0.3) is 0 Å². The predicted octanol–water partition coefficient (Wildman–Crippen LogP) is 3.97. The number of nitrogens with one attached hydrogen (secondary N) is 4. The lowest BCUT2D eigenvalue weighted by atomic mass is 9.85. The fourth-order valence-electron chi connectivity index (χ4n) is 5.12. The smallest absolute Gasteiger partial charge is 0.254 e. The molecule has 0 spiro atoms. The van der Waals surface area contributed by atoms with E-state index in [0.29, 0.717) is 55.0 Å². The van der Waals surface area contributed by atoms with Crippen molar-refractivity contribution in [3.05, 3.63) is 45.8 Å². The van der Waals surface area contributed by atoms with E-state index in [1.54, 1.807) is 0 Å². The van der Waals surface area contributed by atoms with E-state index in [-0.39, 0.29) is 41.4 Å². The summed E-state index contributed by atoms with van der Waals surface area (Å²) in [5, 5.41) is 12.5. The normalized spacial score (nSPS) is 20.6. The van der Waals surface area contributed by atoms with Gasteiger partial charge in [0, 0.05) is 47.8 Å². The minimum atomic E-state index is -0.269. The SMILES string of the molecule is CCCCNC(=O)c1c(NC(=O)C2CC2)sc2c1CC(C(=O)Nc1cccc(C3CNC(=O)C3)c1)CC2. The van der Waals surface area contributed by atoms with Crippen LogP contribution in [0.1, 0.15) is 77.7 Å². The third-order valence-electron chi connectivity index (χ3n) is 7.46. The summed E-state index contributed by atoms with van der Waals surface area (Å²) in [4.78, 5) is 51.7. The lowest BCUT2D eigenvalue weighted by Gasteiger charge is -2.23. The molecule has 1 aromatic carbocycles. The van der Waals surface area contributed by atoms with Gasteiger partial charge >= 0.3 is 0 Å². The van der Waals surface area contributed by atoms with E-state index in [0.717, 1.165) is 41.7 Å². The maximum Gasteiger partial charge on any atom is 0.254 e. The summed E-state index contributed by atoms with van der Waals surface area (Å²) < 4.78 is 0. The van der Waals surface area contributed by atoms with Crippen LogP contribution < -0.4 is 21.3 Å². The van der Waals surface area contributed by atoms with Crippen molar-refractivity contribution >= 4 is 45.7 Å². The standard InChI is InChI=1S/C28H34N4O4S/c1-2-3-11-29-27(36)24-21-13-18(9-10-22(21)37-28(24)32-25(34)16-7-8-16)26(35)31-20-6-4-5-17(12-20)19-14-23(33)30-15-19/h4-6,12,16,18-19H,2-3,7-11,13-15H2,1H3,(H,29,36)(H,30,33)(H,31,35)(H,32,34). The molecule has 9 heteroatoms. The fourth-order valence-corrected chi connectivity index (χ4v) is 6.36. The molecule has 2 aliphatic carbocycles. The van der Waals surface area contributed by atoms with Gasteiger partial charge in [0.1, 0.15) is 5.00 Å². The first-order chi connectivity index (χ1) is 17.9. The number of aryl methyl sites for hydroxylation is 1. The molecule has 8 nitrogen and oxygen atoms in total. The highest BCUT2D eigenvalue weighted by Gasteiger charge is 2.35. The van der Waals surface area contributed by atoms with Crippen LogP contribution in [0.4, 0.5) is 10.7 Å². The third-order valence-corrected chi connectivity index (χ3v) is 8.67. The molecule has 0 radical (unpaired) electrons. The van der Waals surface area contributed by atoms with Crippen LogP contribution >= 0.6 is 11.3 Å². The summed E-state index contributed by atoms with van der Waals surface area (Å²) in [5.74, 6) is -0.325. The van der Waals surface area contributed by atoms with Crippen LogP contribution in [0, 0.1) is 11.8 Å². The predicted molar refractivity (Wildman–Crippen MR) is 144 cm³/mol. The van der Waals surface area contributed by atoms with E-state index >= 15 is 0 Å². The van der Waals surface area contributed by atoms with E-state index in [1.165, 1.54) is 11.3 Å². The number of anilines is 2. The Labute approximate surface area is 221 Å². The van der Waals surface area contributed by atoms with Gasteiger partial charge in [-0.3, -0.25) is 19.2 Å². The van der Waals surface area contributed by atoms with Crippen molar-refractivity contribution < 1.29 is 19.2 Å². The molecule has 2 heterocycles. The van der Waals surface area contributed by atoms with Crippen LogP contribution in [0.15, 0.2) is 24.3 Å². The molecule has 1 saturated carbocycles. The molecular weight excluding hydrogens is 488 g/mol. The molecule has 3 aliphatic rings. The first-order valence-electron chi connectivity index (χ1n) is 13.3. The van der Waals surface area contributed by atoms with Crippen LogP contribution in [-0.4, -0.2) is 36.7 Å². The molecular formula is C28H34N4O4S. The highest BCUT2D eigenvalue weighted by Crippen LogP contribution is 2.41. The van der Waals surface area contributed by atoms with Crippen LogP contribution in [0.2, 0.25) is 0 Å². The van der Waals surface area contributed by atoms with Crippen LogP contribution in [0.5, 0.6) is 0 Å². The van der Waals surface area contributed by atoms with E-state index in [2.05, 4.69) is 28.2 Å². The van der Waals surface area contributed by atoms with Gasteiger partial charge in [-0.05, 0) is 61.8 Å². The number of hydrogen-bond acceptors (Lipinski definition) is 5. The van der Waals surface area contributed by atoms with Gasteiger partial charge in [0.15, 0.2) is 0 Å². The summed E-state index contributed by atoms with van der Waals surface area (Å²) in [6, 6.07) is 7.70. The third kappa shape index (κ3) is 5.87. The van der Waals surface area contributed by atoms with Gasteiger partial charge in [-0.2, -0.15) is 0 Å². The Kier molecular flexibility index (Phi) is 7.60. The van der Waals surface area contributed by atoms with Gasteiger partial charge in [0.05, 0.1) is 5.56 Å². The van der Waals surface area contributed by atoms with Crippen LogP contribution in [-0.2, 0) is 27.2 Å². The van der Waals surface area contributed by atoms with Gasteiger partial charge in [-0.15, -0.1) is 11.3 Å². The Morgan fingerprint density at radius 1 is 1.05 bits per heavy atom. The molecule has 5 rings (SSSR count). The first kappa shape index (κ1) is 25.4. The number of rotatable bonds is 9. The quantitative estimate of drug-likeness (QED) is 0.373. The van der Waals surface area contributed by atoms with Gasteiger partial charge < -0.3 is 21.3 Å². The second kappa shape index (κ2) is 11.0. The van der Waals surface area contributed by atoms with Crippen molar-refractivity contribution in [1.29, 1.82) is 0 Å². The van der Waals surface area contributed by atoms with E-state index in [9.17, 15) is 19.2 Å². The molecule has 2 fully saturated rings. The van der Waals surface area contributed by atoms with E-state index < -0.39 is 0 Å². The molecule has 0 bridgehead atoms. The van der Waals surface area contributed by atoms with Crippen molar-refractivity contribution in [3.63, 3.8) is 0 Å². The summed E-state index contributed by atoms with van der Waals surface area (Å²) in [5.41, 5.74) is 3.17. The maximum absolute atomic E-state index is 13.3. The van der Waals surface area contributed by atoms with E-state index in [1.807, 2.05) is 24.3 Å². The van der Waals surface area contributed by atoms with Gasteiger partial charge in [0.2, 0.25) is 17.7 Å². The van der Waals surface area contributed by atoms with Crippen molar-refractivity contribution in [2.45, 2.75) is 64.2 Å². The number of carbonyl (C=O) groups excluding carboxylic acids is 4. The van der Waals surface area contributed by atoms with Gasteiger partial charge in [-0.1, -0.05) is 25.5 Å². The lowest BCUT2D eigenvalue weighted by molar-refractivity contribution is -0.120. The second-order valence-electron chi connectivity index (χ2n) is 10.3. The Morgan fingerprint density at radius 2 is 1.86 bits per heavy atom. The van der Waals surface area contributed by atoms with Crippen LogP contribution in [0.3, 0.4) is 0 Å².